The first kappa shape index (κ1) is 14.2. The first-order valence-electron chi connectivity index (χ1n) is 4.77. The van der Waals surface area contributed by atoms with Gasteiger partial charge in [-0.25, -0.2) is 4.85 Å². The van der Waals surface area contributed by atoms with Crippen LogP contribution in [0.25, 0.3) is 4.85 Å². The predicted octanol–water partition coefficient (Wildman–Crippen LogP) is 4.60. The minimum atomic E-state index is 0.718. The zero-order valence-electron chi connectivity index (χ0n) is 9.26. The van der Waals surface area contributed by atoms with Crippen molar-refractivity contribution in [2.45, 2.75) is 34.6 Å². The first-order chi connectivity index (χ1) is 6.33. The van der Waals surface area contributed by atoms with Crippen LogP contribution >= 0.6 is 0 Å². The van der Waals surface area contributed by atoms with Crippen molar-refractivity contribution in [3.05, 3.63) is 41.2 Å². The highest BCUT2D eigenvalue weighted by molar-refractivity contribution is 5.45. The van der Waals surface area contributed by atoms with Crippen LogP contribution in [0.5, 0.6) is 0 Å². The Hall–Kier alpha value is -1.29. The van der Waals surface area contributed by atoms with Crippen LogP contribution in [0.3, 0.4) is 0 Å². The summed E-state index contributed by atoms with van der Waals surface area (Å²) in [7, 11) is 0. The summed E-state index contributed by atoms with van der Waals surface area (Å²) in [4.78, 5) is 3.28. The fourth-order valence-electron chi connectivity index (χ4n) is 0.698. The first-order valence-corrected chi connectivity index (χ1v) is 4.77. The molecule has 0 saturated heterocycles. The highest BCUT2D eigenvalue weighted by atomic mass is 14.6. The van der Waals surface area contributed by atoms with E-state index in [1.54, 1.807) is 6.07 Å². The van der Waals surface area contributed by atoms with Crippen LogP contribution in [-0.4, -0.2) is 0 Å². The normalized spacial score (nSPS) is 6.77. The summed E-state index contributed by atoms with van der Waals surface area (Å²) >= 11 is 0. The second-order valence-electron chi connectivity index (χ2n) is 1.95. The Morgan fingerprint density at radius 1 is 1.08 bits per heavy atom. The molecule has 0 amide bonds. The van der Waals surface area contributed by atoms with E-state index in [9.17, 15) is 0 Å². The molecule has 72 valence electrons. The topological polar surface area (TPSA) is 4.36 Å². The van der Waals surface area contributed by atoms with Gasteiger partial charge in [0.1, 0.15) is 0 Å². The molecule has 0 N–H and O–H groups in total. The van der Waals surface area contributed by atoms with E-state index in [1.807, 2.05) is 52.8 Å². The molecule has 1 aromatic rings. The summed E-state index contributed by atoms with van der Waals surface area (Å²) in [6.07, 6.45) is 0. The maximum absolute atomic E-state index is 6.67. The molecule has 0 radical (unpaired) electrons. The Balaban J connectivity index is 0. The van der Waals surface area contributed by atoms with Crippen molar-refractivity contribution in [3.63, 3.8) is 0 Å². The third-order valence-electron chi connectivity index (χ3n) is 1.13. The van der Waals surface area contributed by atoms with Gasteiger partial charge in [0.25, 0.3) is 0 Å². The van der Waals surface area contributed by atoms with E-state index in [-0.39, 0.29) is 0 Å². The van der Waals surface area contributed by atoms with Gasteiger partial charge in [-0.3, -0.25) is 0 Å². The summed E-state index contributed by atoms with van der Waals surface area (Å²) in [6.45, 7) is 16.6. The van der Waals surface area contributed by atoms with Crippen LogP contribution in [0.15, 0.2) is 24.3 Å². The van der Waals surface area contributed by atoms with E-state index in [0.717, 1.165) is 11.3 Å². The Morgan fingerprint density at radius 3 is 1.92 bits per heavy atom. The summed E-state index contributed by atoms with van der Waals surface area (Å²) in [5.74, 6) is 0. The van der Waals surface area contributed by atoms with Gasteiger partial charge < -0.3 is 0 Å². The Labute approximate surface area is 82.2 Å². The van der Waals surface area contributed by atoms with Crippen LogP contribution in [0.1, 0.15) is 33.3 Å². The maximum Gasteiger partial charge on any atom is 0.187 e. The van der Waals surface area contributed by atoms with Gasteiger partial charge in [0, 0.05) is 0 Å². The molecule has 0 unspecified atom stereocenters. The highest BCUT2D eigenvalue weighted by Crippen LogP contribution is 2.11. The van der Waals surface area contributed by atoms with Crippen LogP contribution < -0.4 is 0 Å². The van der Waals surface area contributed by atoms with Gasteiger partial charge in [-0.2, -0.15) is 0 Å². The van der Waals surface area contributed by atoms with Gasteiger partial charge in [-0.05, 0) is 6.92 Å². The smallest absolute Gasteiger partial charge is 0.187 e. The maximum atomic E-state index is 6.67. The van der Waals surface area contributed by atoms with Crippen molar-refractivity contribution in [1.82, 2.24) is 0 Å². The van der Waals surface area contributed by atoms with Crippen molar-refractivity contribution in [3.8, 4) is 0 Å². The quantitative estimate of drug-likeness (QED) is 0.510. The van der Waals surface area contributed by atoms with Gasteiger partial charge in [-0.15, -0.1) is 0 Å². The summed E-state index contributed by atoms with van der Waals surface area (Å²) < 4.78 is 0. The van der Waals surface area contributed by atoms with E-state index in [0.29, 0.717) is 0 Å². The van der Waals surface area contributed by atoms with E-state index in [2.05, 4.69) is 4.85 Å². The Kier molecular flexibility index (Phi) is 11.7. The number of rotatable bonds is 0. The van der Waals surface area contributed by atoms with E-state index in [1.165, 1.54) is 0 Å². The molecule has 0 aliphatic carbocycles. The lowest BCUT2D eigenvalue weighted by Gasteiger charge is -1.89. The second-order valence-corrected chi connectivity index (χ2v) is 1.95. The number of nitrogens with zero attached hydrogens (tertiary/aromatic N) is 1. The van der Waals surface area contributed by atoms with Gasteiger partial charge in [-0.1, -0.05) is 57.5 Å². The lowest BCUT2D eigenvalue weighted by atomic mass is 10.2. The third kappa shape index (κ3) is 7.08. The van der Waals surface area contributed by atoms with Crippen molar-refractivity contribution in [1.29, 1.82) is 0 Å². The van der Waals surface area contributed by atoms with Crippen LogP contribution in [-0.2, 0) is 0 Å². The molecule has 0 bridgehead atoms. The average molecular weight is 177 g/mol. The standard InChI is InChI=1S/C8H7N.2C2H6/c1-7-4-3-5-8(6-7)9-2;2*1-2/h3-6H,1H3;2*1-2H3. The molecule has 0 saturated carbocycles. The second kappa shape index (κ2) is 10.7. The molecule has 0 fully saturated rings. The minimum Gasteiger partial charge on any atom is -0.238 e. The van der Waals surface area contributed by atoms with Crippen molar-refractivity contribution >= 4 is 5.69 Å². The molecule has 0 atom stereocenters. The van der Waals surface area contributed by atoms with Gasteiger partial charge in [0.15, 0.2) is 5.69 Å². The zero-order valence-corrected chi connectivity index (χ0v) is 9.26. The van der Waals surface area contributed by atoms with E-state index in [4.69, 9.17) is 6.57 Å². The molecule has 0 heterocycles. The summed E-state index contributed by atoms with van der Waals surface area (Å²) in [5, 5.41) is 0. The molecule has 1 rings (SSSR count). The lowest BCUT2D eigenvalue weighted by molar-refractivity contribution is 1.48. The molecule has 0 spiro atoms. The van der Waals surface area contributed by atoms with Crippen LogP contribution in [0.4, 0.5) is 5.69 Å². The molecule has 0 aliphatic heterocycles. The Morgan fingerprint density at radius 2 is 1.62 bits per heavy atom. The predicted molar refractivity (Wildman–Crippen MR) is 60.1 cm³/mol. The summed E-state index contributed by atoms with van der Waals surface area (Å²) in [6, 6.07) is 7.55. The van der Waals surface area contributed by atoms with Gasteiger partial charge in [0.2, 0.25) is 0 Å². The number of hydrogen-bond donors (Lipinski definition) is 0. The fraction of sp³-hybridized carbons (Fsp3) is 0.417. The zero-order chi connectivity index (χ0) is 10.7. The fourth-order valence-corrected chi connectivity index (χ4v) is 0.698. The molecule has 1 heteroatoms. The Bertz CT molecular complexity index is 246. The van der Waals surface area contributed by atoms with Gasteiger partial charge in [0.05, 0.1) is 6.57 Å². The van der Waals surface area contributed by atoms with Crippen molar-refractivity contribution in [2.24, 2.45) is 0 Å². The van der Waals surface area contributed by atoms with Gasteiger partial charge >= 0.3 is 0 Å². The number of aryl methyl sites for hydroxylation is 1. The number of benzene rings is 1. The highest BCUT2D eigenvalue weighted by Gasteiger charge is 1.86. The third-order valence-corrected chi connectivity index (χ3v) is 1.13. The number of hydrogen-bond acceptors (Lipinski definition) is 0. The molecule has 0 aliphatic rings. The molecule has 1 aromatic carbocycles. The average Bonchev–Trinajstić information content (AvgIpc) is 2.24. The molecule has 13 heavy (non-hydrogen) atoms. The summed E-state index contributed by atoms with van der Waals surface area (Å²) in [5.41, 5.74) is 1.86. The van der Waals surface area contributed by atoms with E-state index >= 15 is 0 Å². The molecular weight excluding hydrogens is 158 g/mol. The SMILES string of the molecule is CC.CC.[C-]#[N+]c1cccc(C)c1. The molecular formula is C12H19N. The van der Waals surface area contributed by atoms with Crippen molar-refractivity contribution in [2.75, 3.05) is 0 Å². The minimum absolute atomic E-state index is 0.718. The lowest BCUT2D eigenvalue weighted by Crippen LogP contribution is -1.65. The van der Waals surface area contributed by atoms with Crippen molar-refractivity contribution < 1.29 is 0 Å². The van der Waals surface area contributed by atoms with Crippen LogP contribution in [0.2, 0.25) is 0 Å². The molecule has 0 aromatic heterocycles. The van der Waals surface area contributed by atoms with Crippen LogP contribution in [0, 0.1) is 13.5 Å². The molecule has 1 nitrogen and oxygen atoms in total. The monoisotopic (exact) mass is 177 g/mol. The largest absolute Gasteiger partial charge is 0.238 e. The van der Waals surface area contributed by atoms with E-state index < -0.39 is 0 Å².